The molecule has 1 aliphatic carbocycles. The van der Waals surface area contributed by atoms with Crippen LogP contribution in [0.5, 0.6) is 0 Å². The van der Waals surface area contributed by atoms with Crippen LogP contribution in [0, 0.1) is 5.41 Å². The van der Waals surface area contributed by atoms with Crippen LogP contribution < -0.4 is 5.73 Å². The molecule has 2 atom stereocenters. The molecule has 0 amide bonds. The Morgan fingerprint density at radius 3 is 1.64 bits per heavy atom. The number of nitrogens with two attached hydrogens (primary N) is 1. The minimum absolute atomic E-state index is 0.0500. The summed E-state index contributed by atoms with van der Waals surface area (Å²) >= 11 is 0. The minimum Gasteiger partial charge on any atom is -0.325 e. The molecule has 1 heteroatoms. The Hall–Kier alpha value is -0.300. The predicted molar refractivity (Wildman–Crippen MR) is 49.4 cm³/mol. The average molecular weight is 153 g/mol. The lowest BCUT2D eigenvalue weighted by Crippen LogP contribution is -2.26. The summed E-state index contributed by atoms with van der Waals surface area (Å²) in [5.74, 6) is 0. The van der Waals surface area contributed by atoms with Crippen molar-refractivity contribution in [3.63, 3.8) is 0 Å². The molecule has 0 aromatic rings. The van der Waals surface area contributed by atoms with Crippen LogP contribution in [0.25, 0.3) is 0 Å². The first-order valence-electron chi connectivity index (χ1n) is 4.25. The first-order valence-corrected chi connectivity index (χ1v) is 4.25. The Morgan fingerprint density at radius 2 is 1.55 bits per heavy atom. The minimum atomic E-state index is 0.0500. The van der Waals surface area contributed by atoms with Crippen LogP contribution in [-0.2, 0) is 0 Å². The summed E-state index contributed by atoms with van der Waals surface area (Å²) in [4.78, 5) is 0. The Labute approximate surface area is 69.7 Å². The van der Waals surface area contributed by atoms with E-state index in [0.29, 0.717) is 0 Å². The van der Waals surface area contributed by atoms with Crippen molar-refractivity contribution in [3.05, 3.63) is 11.1 Å². The summed E-state index contributed by atoms with van der Waals surface area (Å²) in [6, 6.07) is 0. The van der Waals surface area contributed by atoms with Crippen LogP contribution >= 0.6 is 0 Å². The zero-order valence-electron chi connectivity index (χ0n) is 8.28. The van der Waals surface area contributed by atoms with Gasteiger partial charge in [-0.3, -0.25) is 0 Å². The first kappa shape index (κ1) is 8.79. The van der Waals surface area contributed by atoms with E-state index in [2.05, 4.69) is 34.6 Å². The van der Waals surface area contributed by atoms with Crippen LogP contribution in [0.2, 0.25) is 0 Å². The summed E-state index contributed by atoms with van der Waals surface area (Å²) in [5, 5.41) is 0. The highest BCUT2D eigenvalue weighted by Gasteiger charge is 2.59. The molecular formula is C10H19N. The van der Waals surface area contributed by atoms with Crippen molar-refractivity contribution < 1.29 is 0 Å². The van der Waals surface area contributed by atoms with Crippen molar-refractivity contribution in [2.24, 2.45) is 11.1 Å². The summed E-state index contributed by atoms with van der Waals surface area (Å²) in [6.07, 6.45) is 1.14. The lowest BCUT2D eigenvalue weighted by molar-refractivity contribution is 0.546. The predicted octanol–water partition coefficient (Wildman–Crippen LogP) is 2.47. The van der Waals surface area contributed by atoms with E-state index in [-0.39, 0.29) is 11.0 Å². The SMILES string of the molecule is CC(C)=C(C)C1(C)CC1(C)N. The van der Waals surface area contributed by atoms with E-state index in [9.17, 15) is 0 Å². The molecule has 1 rings (SSSR count). The van der Waals surface area contributed by atoms with Gasteiger partial charge in [0.2, 0.25) is 0 Å². The normalized spacial score (nSPS) is 42.0. The van der Waals surface area contributed by atoms with Crippen LogP contribution in [0.3, 0.4) is 0 Å². The van der Waals surface area contributed by atoms with E-state index < -0.39 is 0 Å². The van der Waals surface area contributed by atoms with Gasteiger partial charge in [0.15, 0.2) is 0 Å². The average Bonchev–Trinajstić information content (AvgIpc) is 2.32. The Kier molecular flexibility index (Phi) is 1.68. The molecule has 1 saturated carbocycles. The van der Waals surface area contributed by atoms with Crippen molar-refractivity contribution >= 4 is 0 Å². The molecule has 0 aliphatic heterocycles. The molecule has 0 saturated heterocycles. The monoisotopic (exact) mass is 153 g/mol. The Balaban J connectivity index is 2.89. The fourth-order valence-corrected chi connectivity index (χ4v) is 1.80. The summed E-state index contributed by atoms with van der Waals surface area (Å²) in [6.45, 7) is 10.9. The van der Waals surface area contributed by atoms with Crippen molar-refractivity contribution in [3.8, 4) is 0 Å². The second kappa shape index (κ2) is 2.10. The lowest BCUT2D eigenvalue weighted by Gasteiger charge is -2.17. The second-order valence-electron chi connectivity index (χ2n) is 4.55. The lowest BCUT2D eigenvalue weighted by atomic mass is 9.91. The van der Waals surface area contributed by atoms with E-state index in [4.69, 9.17) is 5.73 Å². The highest BCUT2D eigenvalue weighted by atomic mass is 14.9. The van der Waals surface area contributed by atoms with Gasteiger partial charge in [-0.2, -0.15) is 0 Å². The Bertz CT molecular complexity index is 209. The van der Waals surface area contributed by atoms with Gasteiger partial charge in [-0.25, -0.2) is 0 Å². The van der Waals surface area contributed by atoms with E-state index >= 15 is 0 Å². The third kappa shape index (κ3) is 1.12. The third-order valence-corrected chi connectivity index (χ3v) is 3.43. The first-order chi connectivity index (χ1) is 4.81. The highest BCUT2D eigenvalue weighted by Crippen LogP contribution is 2.59. The molecule has 0 aromatic carbocycles. The van der Waals surface area contributed by atoms with Crippen LogP contribution in [-0.4, -0.2) is 5.54 Å². The van der Waals surface area contributed by atoms with E-state index in [0.717, 1.165) is 6.42 Å². The maximum Gasteiger partial charge on any atom is 0.0227 e. The maximum absolute atomic E-state index is 6.05. The second-order valence-corrected chi connectivity index (χ2v) is 4.55. The van der Waals surface area contributed by atoms with Crippen LogP contribution in [0.1, 0.15) is 41.0 Å². The fraction of sp³-hybridized carbons (Fsp3) is 0.800. The molecular weight excluding hydrogens is 134 g/mol. The van der Waals surface area contributed by atoms with Crippen molar-refractivity contribution in [2.45, 2.75) is 46.6 Å². The van der Waals surface area contributed by atoms with Crippen molar-refractivity contribution in [1.82, 2.24) is 0 Å². The van der Waals surface area contributed by atoms with Crippen LogP contribution in [0.15, 0.2) is 11.1 Å². The molecule has 1 nitrogen and oxygen atoms in total. The quantitative estimate of drug-likeness (QED) is 0.575. The van der Waals surface area contributed by atoms with Crippen LogP contribution in [0.4, 0.5) is 0 Å². The smallest absolute Gasteiger partial charge is 0.0227 e. The van der Waals surface area contributed by atoms with E-state index in [1.54, 1.807) is 0 Å². The third-order valence-electron chi connectivity index (χ3n) is 3.43. The van der Waals surface area contributed by atoms with Gasteiger partial charge in [0, 0.05) is 11.0 Å². The standard InChI is InChI=1S/C10H19N/c1-7(2)8(3)9(4)6-10(9,5)11/h6,11H2,1-5H3. The van der Waals surface area contributed by atoms with Gasteiger partial charge >= 0.3 is 0 Å². The molecule has 2 N–H and O–H groups in total. The molecule has 2 unspecified atom stereocenters. The zero-order valence-corrected chi connectivity index (χ0v) is 8.28. The Morgan fingerprint density at radius 1 is 1.18 bits per heavy atom. The molecule has 0 heterocycles. The maximum atomic E-state index is 6.05. The number of hydrogen-bond donors (Lipinski definition) is 1. The van der Waals surface area contributed by atoms with Gasteiger partial charge in [-0.15, -0.1) is 0 Å². The molecule has 64 valence electrons. The summed E-state index contributed by atoms with van der Waals surface area (Å²) in [7, 11) is 0. The van der Waals surface area contributed by atoms with Gasteiger partial charge in [0.05, 0.1) is 0 Å². The molecule has 0 bridgehead atoms. The number of rotatable bonds is 1. The van der Waals surface area contributed by atoms with Gasteiger partial charge in [0.1, 0.15) is 0 Å². The largest absolute Gasteiger partial charge is 0.325 e. The zero-order chi connectivity index (χ0) is 8.86. The molecule has 0 aromatic heterocycles. The molecule has 0 spiro atoms. The summed E-state index contributed by atoms with van der Waals surface area (Å²) < 4.78 is 0. The molecule has 0 radical (unpaired) electrons. The molecule has 1 aliphatic rings. The molecule has 1 fully saturated rings. The highest BCUT2D eigenvalue weighted by molar-refractivity contribution is 5.33. The van der Waals surface area contributed by atoms with Gasteiger partial charge < -0.3 is 5.73 Å². The molecule has 11 heavy (non-hydrogen) atoms. The van der Waals surface area contributed by atoms with Crippen molar-refractivity contribution in [1.29, 1.82) is 0 Å². The summed E-state index contributed by atoms with van der Waals surface area (Å²) in [5.41, 5.74) is 9.27. The topological polar surface area (TPSA) is 26.0 Å². The van der Waals surface area contributed by atoms with Gasteiger partial charge in [-0.05, 0) is 34.1 Å². The number of hydrogen-bond acceptors (Lipinski definition) is 1. The van der Waals surface area contributed by atoms with Crippen molar-refractivity contribution in [2.75, 3.05) is 0 Å². The van der Waals surface area contributed by atoms with Gasteiger partial charge in [0.25, 0.3) is 0 Å². The van der Waals surface area contributed by atoms with E-state index in [1.807, 2.05) is 0 Å². The van der Waals surface area contributed by atoms with Gasteiger partial charge in [-0.1, -0.05) is 18.1 Å². The number of allylic oxidation sites excluding steroid dienone is 1. The fourth-order valence-electron chi connectivity index (χ4n) is 1.80. The van der Waals surface area contributed by atoms with E-state index in [1.165, 1.54) is 11.1 Å².